The van der Waals surface area contributed by atoms with E-state index >= 15 is 0 Å². The number of piperidine rings is 1. The van der Waals surface area contributed by atoms with Crippen LogP contribution in [0.4, 0.5) is 0 Å². The summed E-state index contributed by atoms with van der Waals surface area (Å²) in [4.78, 5) is 27.4. The van der Waals surface area contributed by atoms with Gasteiger partial charge in [0.2, 0.25) is 11.8 Å². The van der Waals surface area contributed by atoms with Crippen molar-refractivity contribution < 1.29 is 9.59 Å². The summed E-state index contributed by atoms with van der Waals surface area (Å²) in [7, 11) is 1.95. The number of likely N-dealkylation sites (tertiary alicyclic amines) is 1. The van der Waals surface area contributed by atoms with Crippen molar-refractivity contribution >= 4 is 36.0 Å². The van der Waals surface area contributed by atoms with Crippen LogP contribution in [0, 0.1) is 5.92 Å². The standard InChI is InChI=1S/C20H31N3O2S.ClH/c1-21-14-17-9-6-11-23(15-17)20(25)18(10-12-26-2)22-19(24)13-16-7-4-3-5-8-16;/h3-5,7-8,17-18,21H,6,9-15H2,1-2H3,(H,22,24);1H. The molecule has 1 fully saturated rings. The lowest BCUT2D eigenvalue weighted by molar-refractivity contribution is -0.138. The van der Waals surface area contributed by atoms with Gasteiger partial charge in [0.05, 0.1) is 6.42 Å². The second-order valence-electron chi connectivity index (χ2n) is 6.91. The highest BCUT2D eigenvalue weighted by atomic mass is 35.5. The van der Waals surface area contributed by atoms with Gasteiger partial charge in [-0.1, -0.05) is 30.3 Å². The molecule has 2 atom stereocenters. The van der Waals surface area contributed by atoms with Gasteiger partial charge in [-0.3, -0.25) is 9.59 Å². The van der Waals surface area contributed by atoms with Crippen molar-refractivity contribution in [1.82, 2.24) is 15.5 Å². The minimum absolute atomic E-state index is 0. The zero-order valence-electron chi connectivity index (χ0n) is 16.3. The Morgan fingerprint density at radius 3 is 2.70 bits per heavy atom. The second-order valence-corrected chi connectivity index (χ2v) is 7.90. The van der Waals surface area contributed by atoms with Crippen LogP contribution in [0.5, 0.6) is 0 Å². The van der Waals surface area contributed by atoms with Crippen LogP contribution in [0.25, 0.3) is 0 Å². The van der Waals surface area contributed by atoms with Gasteiger partial charge in [-0.05, 0) is 56.3 Å². The molecule has 1 aliphatic heterocycles. The summed E-state index contributed by atoms with van der Waals surface area (Å²) in [5.74, 6) is 1.34. The monoisotopic (exact) mass is 413 g/mol. The third-order valence-corrected chi connectivity index (χ3v) is 5.42. The zero-order chi connectivity index (χ0) is 18.8. The van der Waals surface area contributed by atoms with Crippen molar-refractivity contribution in [3.8, 4) is 0 Å². The van der Waals surface area contributed by atoms with E-state index in [9.17, 15) is 9.59 Å². The van der Waals surface area contributed by atoms with E-state index in [4.69, 9.17) is 0 Å². The average molecular weight is 414 g/mol. The largest absolute Gasteiger partial charge is 0.344 e. The molecule has 0 aromatic heterocycles. The van der Waals surface area contributed by atoms with E-state index in [0.717, 1.165) is 43.8 Å². The number of hydrogen-bond acceptors (Lipinski definition) is 4. The van der Waals surface area contributed by atoms with E-state index in [1.165, 1.54) is 0 Å². The normalized spacial score (nSPS) is 17.7. The number of hydrogen-bond donors (Lipinski definition) is 2. The Hall–Kier alpha value is -1.24. The van der Waals surface area contributed by atoms with E-state index in [0.29, 0.717) is 18.8 Å². The van der Waals surface area contributed by atoms with Crippen LogP contribution in [-0.4, -0.2) is 61.4 Å². The van der Waals surface area contributed by atoms with Gasteiger partial charge in [0, 0.05) is 13.1 Å². The predicted molar refractivity (Wildman–Crippen MR) is 116 cm³/mol. The summed E-state index contributed by atoms with van der Waals surface area (Å²) in [6, 6.07) is 9.23. The SMILES string of the molecule is CNCC1CCCN(C(=O)C(CCSC)NC(=O)Cc2ccccc2)C1.Cl. The van der Waals surface area contributed by atoms with Crippen molar-refractivity contribution in [3.63, 3.8) is 0 Å². The Kier molecular flexibility index (Phi) is 11.5. The number of amides is 2. The van der Waals surface area contributed by atoms with Gasteiger partial charge in [0.25, 0.3) is 0 Å². The second kappa shape index (κ2) is 13.0. The number of nitrogens with one attached hydrogen (secondary N) is 2. The number of rotatable bonds is 9. The highest BCUT2D eigenvalue weighted by Gasteiger charge is 2.29. The van der Waals surface area contributed by atoms with Crippen molar-refractivity contribution in [3.05, 3.63) is 35.9 Å². The molecule has 0 aliphatic carbocycles. The number of carbonyl (C=O) groups excluding carboxylic acids is 2. The molecule has 0 saturated carbocycles. The summed E-state index contributed by atoms with van der Waals surface area (Å²) >= 11 is 1.70. The summed E-state index contributed by atoms with van der Waals surface area (Å²) in [5.41, 5.74) is 0.966. The molecule has 0 spiro atoms. The quantitative estimate of drug-likeness (QED) is 0.652. The van der Waals surface area contributed by atoms with Crippen molar-refractivity contribution in [2.45, 2.75) is 31.7 Å². The molecule has 1 aromatic carbocycles. The fourth-order valence-corrected chi connectivity index (χ4v) is 3.93. The zero-order valence-corrected chi connectivity index (χ0v) is 17.9. The number of benzene rings is 1. The highest BCUT2D eigenvalue weighted by Crippen LogP contribution is 2.17. The molecule has 5 nitrogen and oxygen atoms in total. The first kappa shape index (κ1) is 23.8. The topological polar surface area (TPSA) is 61.4 Å². The summed E-state index contributed by atoms with van der Waals surface area (Å²) in [6.45, 7) is 2.51. The van der Waals surface area contributed by atoms with Crippen LogP contribution in [0.15, 0.2) is 30.3 Å². The van der Waals surface area contributed by atoms with Crippen LogP contribution < -0.4 is 10.6 Å². The maximum absolute atomic E-state index is 13.0. The molecule has 0 radical (unpaired) electrons. The highest BCUT2D eigenvalue weighted by molar-refractivity contribution is 7.98. The lowest BCUT2D eigenvalue weighted by Crippen LogP contribution is -2.52. The van der Waals surface area contributed by atoms with Crippen molar-refractivity contribution in [1.29, 1.82) is 0 Å². The fraction of sp³-hybridized carbons (Fsp3) is 0.600. The van der Waals surface area contributed by atoms with Crippen LogP contribution in [-0.2, 0) is 16.0 Å². The Morgan fingerprint density at radius 1 is 1.30 bits per heavy atom. The lowest BCUT2D eigenvalue weighted by atomic mass is 9.97. The molecule has 27 heavy (non-hydrogen) atoms. The molecule has 1 heterocycles. The summed E-state index contributed by atoms with van der Waals surface area (Å²) in [5, 5.41) is 6.19. The molecular weight excluding hydrogens is 382 g/mol. The minimum atomic E-state index is -0.424. The first-order valence-corrected chi connectivity index (χ1v) is 10.8. The third-order valence-electron chi connectivity index (χ3n) is 4.77. The van der Waals surface area contributed by atoms with Gasteiger partial charge in [-0.15, -0.1) is 12.4 Å². The van der Waals surface area contributed by atoms with Gasteiger partial charge < -0.3 is 15.5 Å². The molecule has 1 saturated heterocycles. The van der Waals surface area contributed by atoms with E-state index in [1.807, 2.05) is 48.5 Å². The van der Waals surface area contributed by atoms with Crippen LogP contribution in [0.1, 0.15) is 24.8 Å². The number of carbonyl (C=O) groups is 2. The van der Waals surface area contributed by atoms with Gasteiger partial charge in [0.1, 0.15) is 6.04 Å². The Balaban J connectivity index is 0.00000364. The van der Waals surface area contributed by atoms with Gasteiger partial charge >= 0.3 is 0 Å². The summed E-state index contributed by atoms with van der Waals surface area (Å²) in [6.07, 6.45) is 5.20. The van der Waals surface area contributed by atoms with E-state index in [-0.39, 0.29) is 24.2 Å². The minimum Gasteiger partial charge on any atom is -0.344 e. The molecule has 1 aliphatic rings. The molecule has 2 amide bonds. The molecule has 7 heteroatoms. The number of thioether (sulfide) groups is 1. The molecule has 1 aromatic rings. The molecule has 2 unspecified atom stereocenters. The molecule has 152 valence electrons. The summed E-state index contributed by atoms with van der Waals surface area (Å²) < 4.78 is 0. The smallest absolute Gasteiger partial charge is 0.245 e. The third kappa shape index (κ3) is 8.11. The van der Waals surface area contributed by atoms with Crippen LogP contribution in [0.3, 0.4) is 0 Å². The molecule has 2 rings (SSSR count). The lowest BCUT2D eigenvalue weighted by Gasteiger charge is -2.35. The van der Waals surface area contributed by atoms with Crippen molar-refractivity contribution in [2.24, 2.45) is 5.92 Å². The van der Waals surface area contributed by atoms with Crippen LogP contribution in [0.2, 0.25) is 0 Å². The Morgan fingerprint density at radius 2 is 2.04 bits per heavy atom. The van der Waals surface area contributed by atoms with E-state index < -0.39 is 6.04 Å². The van der Waals surface area contributed by atoms with E-state index in [2.05, 4.69) is 10.6 Å². The maximum Gasteiger partial charge on any atom is 0.245 e. The maximum atomic E-state index is 13.0. The molecule has 0 bridgehead atoms. The first-order chi connectivity index (χ1) is 12.6. The van der Waals surface area contributed by atoms with E-state index in [1.54, 1.807) is 11.8 Å². The Labute approximate surface area is 173 Å². The molecular formula is C20H32ClN3O2S. The number of nitrogens with zero attached hydrogens (tertiary/aromatic N) is 1. The first-order valence-electron chi connectivity index (χ1n) is 9.39. The predicted octanol–water partition coefficient (Wildman–Crippen LogP) is 2.35. The van der Waals surface area contributed by atoms with Gasteiger partial charge in [0.15, 0.2) is 0 Å². The number of halogens is 1. The molecule has 2 N–H and O–H groups in total. The van der Waals surface area contributed by atoms with Gasteiger partial charge in [-0.25, -0.2) is 0 Å². The van der Waals surface area contributed by atoms with Crippen molar-refractivity contribution in [2.75, 3.05) is 38.7 Å². The average Bonchev–Trinajstić information content (AvgIpc) is 2.66. The fourth-order valence-electron chi connectivity index (χ4n) is 3.46. The van der Waals surface area contributed by atoms with Gasteiger partial charge in [-0.2, -0.15) is 11.8 Å². The van der Waals surface area contributed by atoms with Crippen LogP contribution >= 0.6 is 24.2 Å². The Bertz CT molecular complexity index is 572.